The summed E-state index contributed by atoms with van der Waals surface area (Å²) < 4.78 is 10.8. The van der Waals surface area contributed by atoms with Crippen LogP contribution in [-0.4, -0.2) is 35.6 Å². The molecule has 130 valence electrons. The number of benzene rings is 1. The maximum Gasteiger partial charge on any atom is 0.407 e. The van der Waals surface area contributed by atoms with E-state index in [1.54, 1.807) is 27.7 Å². The number of amides is 1. The first kappa shape index (κ1) is 19.5. The number of aliphatic hydroxyl groups is 1. The van der Waals surface area contributed by atoms with E-state index in [0.717, 1.165) is 5.56 Å². The number of hydrogen-bond acceptors (Lipinski definition) is 4. The minimum Gasteiger partial charge on any atom is -0.444 e. The molecule has 0 heterocycles. The van der Waals surface area contributed by atoms with Crippen molar-refractivity contribution in [3.05, 3.63) is 35.9 Å². The minimum atomic E-state index is -0.710. The highest BCUT2D eigenvalue weighted by molar-refractivity contribution is 5.68. The third-order valence-corrected chi connectivity index (χ3v) is 3.33. The lowest BCUT2D eigenvalue weighted by atomic mass is 10.00. The summed E-state index contributed by atoms with van der Waals surface area (Å²) in [7, 11) is 0. The van der Waals surface area contributed by atoms with Gasteiger partial charge in [0.05, 0.1) is 25.4 Å². The Morgan fingerprint density at radius 3 is 2.39 bits per heavy atom. The highest BCUT2D eigenvalue weighted by atomic mass is 16.6. The molecule has 0 fully saturated rings. The van der Waals surface area contributed by atoms with E-state index in [2.05, 4.69) is 5.32 Å². The second kappa shape index (κ2) is 8.89. The van der Waals surface area contributed by atoms with Crippen molar-refractivity contribution in [1.29, 1.82) is 0 Å². The second-order valence-electron chi connectivity index (χ2n) is 6.90. The number of ether oxygens (including phenoxy) is 2. The first-order valence-corrected chi connectivity index (χ1v) is 7.98. The molecule has 0 spiro atoms. The third kappa shape index (κ3) is 8.00. The van der Waals surface area contributed by atoms with Gasteiger partial charge in [-0.2, -0.15) is 0 Å². The summed E-state index contributed by atoms with van der Waals surface area (Å²) in [6, 6.07) is 9.45. The number of aliphatic hydroxyl groups excluding tert-OH is 1. The van der Waals surface area contributed by atoms with Crippen molar-refractivity contribution in [2.24, 2.45) is 5.92 Å². The quantitative estimate of drug-likeness (QED) is 0.809. The van der Waals surface area contributed by atoms with E-state index >= 15 is 0 Å². The van der Waals surface area contributed by atoms with Gasteiger partial charge in [-0.1, -0.05) is 37.3 Å². The Labute approximate surface area is 139 Å². The lowest BCUT2D eigenvalue weighted by molar-refractivity contribution is 0.00722. The predicted octanol–water partition coefficient (Wildman–Crippen LogP) is 3.11. The van der Waals surface area contributed by atoms with Gasteiger partial charge < -0.3 is 19.9 Å². The SMILES string of the molecule is C[C@H](COCc1ccccc1)[C@@H](O)[C@@H](C)NC(=O)OC(C)(C)C. The molecular weight excluding hydrogens is 294 g/mol. The molecule has 0 aliphatic rings. The van der Waals surface area contributed by atoms with Crippen LogP contribution in [0.2, 0.25) is 0 Å². The number of hydrogen-bond donors (Lipinski definition) is 2. The summed E-state index contributed by atoms with van der Waals surface area (Å²) in [6.45, 7) is 9.96. The predicted molar refractivity (Wildman–Crippen MR) is 90.1 cm³/mol. The molecule has 5 heteroatoms. The van der Waals surface area contributed by atoms with Crippen LogP contribution in [0.4, 0.5) is 4.79 Å². The van der Waals surface area contributed by atoms with Crippen molar-refractivity contribution in [3.8, 4) is 0 Å². The molecule has 5 nitrogen and oxygen atoms in total. The summed E-state index contributed by atoms with van der Waals surface area (Å²) >= 11 is 0. The van der Waals surface area contributed by atoms with Crippen LogP contribution in [0, 0.1) is 5.92 Å². The van der Waals surface area contributed by atoms with Gasteiger partial charge in [0, 0.05) is 5.92 Å². The van der Waals surface area contributed by atoms with Crippen LogP contribution in [0.25, 0.3) is 0 Å². The molecule has 0 saturated heterocycles. The molecule has 1 aromatic carbocycles. The maximum absolute atomic E-state index is 11.7. The zero-order chi connectivity index (χ0) is 17.5. The summed E-state index contributed by atoms with van der Waals surface area (Å²) in [5, 5.41) is 12.9. The van der Waals surface area contributed by atoms with E-state index in [9.17, 15) is 9.90 Å². The Kier molecular flexibility index (Phi) is 7.52. The summed E-state index contributed by atoms with van der Waals surface area (Å²) in [4.78, 5) is 11.7. The van der Waals surface area contributed by atoms with Gasteiger partial charge in [0.25, 0.3) is 0 Å². The Morgan fingerprint density at radius 1 is 1.22 bits per heavy atom. The molecule has 0 aromatic heterocycles. The van der Waals surface area contributed by atoms with Crippen molar-refractivity contribution in [3.63, 3.8) is 0 Å². The lowest BCUT2D eigenvalue weighted by Gasteiger charge is -2.27. The van der Waals surface area contributed by atoms with Crippen LogP contribution in [-0.2, 0) is 16.1 Å². The lowest BCUT2D eigenvalue weighted by Crippen LogP contribution is -2.46. The molecule has 1 amide bonds. The molecule has 1 aromatic rings. The van der Waals surface area contributed by atoms with Gasteiger partial charge in [0.15, 0.2) is 0 Å². The van der Waals surface area contributed by atoms with Crippen LogP contribution in [0.5, 0.6) is 0 Å². The molecule has 0 aliphatic heterocycles. The Hall–Kier alpha value is -1.59. The van der Waals surface area contributed by atoms with Crippen molar-refractivity contribution < 1.29 is 19.4 Å². The smallest absolute Gasteiger partial charge is 0.407 e. The molecule has 3 atom stereocenters. The molecule has 23 heavy (non-hydrogen) atoms. The van der Waals surface area contributed by atoms with Crippen LogP contribution in [0.1, 0.15) is 40.2 Å². The first-order chi connectivity index (χ1) is 10.7. The van der Waals surface area contributed by atoms with Gasteiger partial charge in [0.1, 0.15) is 5.60 Å². The van der Waals surface area contributed by atoms with Gasteiger partial charge in [-0.3, -0.25) is 0 Å². The molecule has 0 aliphatic carbocycles. The van der Waals surface area contributed by atoms with Crippen molar-refractivity contribution in [2.45, 2.75) is 59.0 Å². The highest BCUT2D eigenvalue weighted by Crippen LogP contribution is 2.12. The van der Waals surface area contributed by atoms with E-state index in [1.807, 2.05) is 37.3 Å². The van der Waals surface area contributed by atoms with Gasteiger partial charge in [0.2, 0.25) is 0 Å². The number of nitrogens with one attached hydrogen (secondary N) is 1. The zero-order valence-electron chi connectivity index (χ0n) is 14.7. The van der Waals surface area contributed by atoms with Crippen LogP contribution in [0.3, 0.4) is 0 Å². The number of carbonyl (C=O) groups excluding carboxylic acids is 1. The molecule has 0 unspecified atom stereocenters. The molecule has 0 radical (unpaired) electrons. The third-order valence-electron chi connectivity index (χ3n) is 3.33. The average Bonchev–Trinajstić information content (AvgIpc) is 2.45. The van der Waals surface area contributed by atoms with Crippen molar-refractivity contribution >= 4 is 6.09 Å². The fourth-order valence-corrected chi connectivity index (χ4v) is 2.11. The normalized spacial score (nSPS) is 15.6. The van der Waals surface area contributed by atoms with Crippen LogP contribution >= 0.6 is 0 Å². The molecule has 0 bridgehead atoms. The van der Waals surface area contributed by atoms with Gasteiger partial charge in [-0.05, 0) is 33.3 Å². The van der Waals surface area contributed by atoms with E-state index in [-0.39, 0.29) is 5.92 Å². The number of rotatable bonds is 7. The van der Waals surface area contributed by atoms with E-state index < -0.39 is 23.8 Å². The topological polar surface area (TPSA) is 67.8 Å². The molecule has 0 saturated carbocycles. The van der Waals surface area contributed by atoms with E-state index in [4.69, 9.17) is 9.47 Å². The first-order valence-electron chi connectivity index (χ1n) is 7.98. The average molecular weight is 323 g/mol. The molecule has 2 N–H and O–H groups in total. The summed E-state index contributed by atoms with van der Waals surface area (Å²) in [5.41, 5.74) is 0.535. The van der Waals surface area contributed by atoms with Crippen molar-refractivity contribution in [2.75, 3.05) is 6.61 Å². The van der Waals surface area contributed by atoms with Gasteiger partial charge in [-0.25, -0.2) is 4.79 Å². The number of alkyl carbamates (subject to hydrolysis) is 1. The highest BCUT2D eigenvalue weighted by Gasteiger charge is 2.25. The largest absolute Gasteiger partial charge is 0.444 e. The van der Waals surface area contributed by atoms with Gasteiger partial charge in [-0.15, -0.1) is 0 Å². The van der Waals surface area contributed by atoms with Gasteiger partial charge >= 0.3 is 6.09 Å². The maximum atomic E-state index is 11.7. The Balaban J connectivity index is 2.34. The molecule has 1 rings (SSSR count). The second-order valence-corrected chi connectivity index (χ2v) is 6.90. The van der Waals surface area contributed by atoms with Crippen LogP contribution < -0.4 is 5.32 Å². The molecular formula is C18H29NO4. The number of carbonyl (C=O) groups is 1. The standard InChI is InChI=1S/C18H29NO4/c1-13(11-22-12-15-9-7-6-8-10-15)16(20)14(2)19-17(21)23-18(3,4)5/h6-10,13-14,16,20H,11-12H2,1-5H3,(H,19,21)/t13-,14-,16-/m1/s1. The van der Waals surface area contributed by atoms with Crippen LogP contribution in [0.15, 0.2) is 30.3 Å². The summed E-state index contributed by atoms with van der Waals surface area (Å²) in [5.74, 6) is -0.108. The summed E-state index contributed by atoms with van der Waals surface area (Å²) in [6.07, 6.45) is -1.24. The monoisotopic (exact) mass is 323 g/mol. The Bertz CT molecular complexity index is 470. The van der Waals surface area contributed by atoms with E-state index in [0.29, 0.717) is 13.2 Å². The zero-order valence-corrected chi connectivity index (χ0v) is 14.7. The fourth-order valence-electron chi connectivity index (χ4n) is 2.11. The minimum absolute atomic E-state index is 0.108. The fraction of sp³-hybridized carbons (Fsp3) is 0.611. The van der Waals surface area contributed by atoms with Crippen molar-refractivity contribution in [1.82, 2.24) is 5.32 Å². The Morgan fingerprint density at radius 2 is 1.83 bits per heavy atom. The van der Waals surface area contributed by atoms with E-state index in [1.165, 1.54) is 0 Å².